The highest BCUT2D eigenvalue weighted by molar-refractivity contribution is 7.99. The molecule has 1 fully saturated rings. The number of nitrogens with two attached hydrogens (primary N) is 1. The van der Waals surface area contributed by atoms with Gasteiger partial charge in [0.15, 0.2) is 0 Å². The summed E-state index contributed by atoms with van der Waals surface area (Å²) in [5, 5.41) is 8.96. The van der Waals surface area contributed by atoms with Crippen LogP contribution in [0, 0.1) is 0 Å². The molecule has 1 rings (SSSR count). The molecule has 0 aromatic heterocycles. The van der Waals surface area contributed by atoms with E-state index in [1.165, 1.54) is 4.90 Å². The average molecular weight is 232 g/mol. The van der Waals surface area contributed by atoms with E-state index < -0.39 is 18.1 Å². The van der Waals surface area contributed by atoms with Crippen LogP contribution in [-0.2, 0) is 9.59 Å². The molecule has 15 heavy (non-hydrogen) atoms. The zero-order chi connectivity index (χ0) is 11.4. The van der Waals surface area contributed by atoms with E-state index >= 15 is 0 Å². The number of carboxylic acids is 1. The second kappa shape index (κ2) is 5.37. The van der Waals surface area contributed by atoms with Crippen LogP contribution in [-0.4, -0.2) is 52.0 Å². The monoisotopic (exact) mass is 232 g/mol. The van der Waals surface area contributed by atoms with Crippen molar-refractivity contribution >= 4 is 23.6 Å². The van der Waals surface area contributed by atoms with E-state index in [-0.39, 0.29) is 5.91 Å². The van der Waals surface area contributed by atoms with Gasteiger partial charge in [0.05, 0.1) is 6.04 Å². The maximum Gasteiger partial charge on any atom is 0.327 e. The lowest BCUT2D eigenvalue weighted by molar-refractivity contribution is -0.149. The molecule has 0 radical (unpaired) electrons. The number of amides is 1. The first-order chi connectivity index (χ1) is 7.07. The van der Waals surface area contributed by atoms with Crippen molar-refractivity contribution in [3.63, 3.8) is 0 Å². The van der Waals surface area contributed by atoms with Gasteiger partial charge in [-0.05, 0) is 6.42 Å². The number of carbonyl (C=O) groups is 2. The lowest BCUT2D eigenvalue weighted by atomic mass is 10.1. The molecular weight excluding hydrogens is 216 g/mol. The first-order valence-electron chi connectivity index (χ1n) is 4.94. The lowest BCUT2D eigenvalue weighted by Crippen LogP contribution is -2.55. The van der Waals surface area contributed by atoms with Crippen molar-refractivity contribution in [3.8, 4) is 0 Å². The van der Waals surface area contributed by atoms with Crippen molar-refractivity contribution in [2.45, 2.75) is 25.4 Å². The number of carbonyl (C=O) groups excluding carboxylic acids is 1. The fourth-order valence-corrected chi connectivity index (χ4v) is 2.50. The highest BCUT2D eigenvalue weighted by Crippen LogP contribution is 2.17. The summed E-state index contributed by atoms with van der Waals surface area (Å²) in [6.07, 6.45) is 0.537. The topological polar surface area (TPSA) is 83.6 Å². The summed E-state index contributed by atoms with van der Waals surface area (Å²) < 4.78 is 0. The molecule has 3 N–H and O–H groups in total. The molecular formula is C9H16N2O3S. The Morgan fingerprint density at radius 1 is 1.67 bits per heavy atom. The van der Waals surface area contributed by atoms with Gasteiger partial charge >= 0.3 is 5.97 Å². The molecule has 0 saturated carbocycles. The van der Waals surface area contributed by atoms with Crippen LogP contribution >= 0.6 is 11.8 Å². The molecule has 5 nitrogen and oxygen atoms in total. The lowest BCUT2D eigenvalue weighted by Gasteiger charge is -2.34. The fraction of sp³-hybridized carbons (Fsp3) is 0.778. The minimum absolute atomic E-state index is 0.245. The number of nitrogens with zero attached hydrogens (tertiary/aromatic N) is 1. The van der Waals surface area contributed by atoms with Gasteiger partial charge in [0.2, 0.25) is 5.91 Å². The molecule has 0 spiro atoms. The predicted octanol–water partition coefficient (Wildman–Crippen LogP) is -0.248. The van der Waals surface area contributed by atoms with Gasteiger partial charge in [-0.15, -0.1) is 0 Å². The van der Waals surface area contributed by atoms with E-state index in [2.05, 4.69) is 0 Å². The van der Waals surface area contributed by atoms with E-state index in [0.29, 0.717) is 18.7 Å². The molecule has 0 aliphatic carbocycles. The maximum atomic E-state index is 11.8. The van der Waals surface area contributed by atoms with Crippen LogP contribution in [0.4, 0.5) is 0 Å². The van der Waals surface area contributed by atoms with Crippen molar-refractivity contribution < 1.29 is 14.7 Å². The Morgan fingerprint density at radius 3 is 2.87 bits per heavy atom. The van der Waals surface area contributed by atoms with Gasteiger partial charge < -0.3 is 15.7 Å². The van der Waals surface area contributed by atoms with Crippen molar-refractivity contribution in [1.82, 2.24) is 4.90 Å². The number of aliphatic carboxylic acids is 1. The van der Waals surface area contributed by atoms with E-state index in [1.807, 2.05) is 6.92 Å². The molecule has 1 amide bonds. The van der Waals surface area contributed by atoms with E-state index in [4.69, 9.17) is 10.8 Å². The fourth-order valence-electron chi connectivity index (χ4n) is 1.46. The zero-order valence-electron chi connectivity index (χ0n) is 8.68. The standard InChI is InChI=1S/C9H16N2O3S/c1-2-6(10)8(12)11-3-4-15-5-7(11)9(13)14/h6-7H,2-5,10H2,1H3,(H,13,14)/t6-,7?/m0/s1. The molecule has 0 bridgehead atoms. The normalized spacial score (nSPS) is 23.6. The minimum Gasteiger partial charge on any atom is -0.480 e. The van der Waals surface area contributed by atoms with E-state index in [1.54, 1.807) is 11.8 Å². The van der Waals surface area contributed by atoms with Gasteiger partial charge in [0.25, 0.3) is 0 Å². The zero-order valence-corrected chi connectivity index (χ0v) is 9.50. The number of thioether (sulfide) groups is 1. The second-order valence-corrected chi connectivity index (χ2v) is 4.63. The largest absolute Gasteiger partial charge is 0.480 e. The van der Waals surface area contributed by atoms with Crippen molar-refractivity contribution in [1.29, 1.82) is 0 Å². The molecule has 1 heterocycles. The smallest absolute Gasteiger partial charge is 0.327 e. The van der Waals surface area contributed by atoms with Crippen LogP contribution in [0.25, 0.3) is 0 Å². The average Bonchev–Trinajstić information content (AvgIpc) is 2.27. The molecule has 2 atom stereocenters. The second-order valence-electron chi connectivity index (χ2n) is 3.48. The summed E-state index contributed by atoms with van der Waals surface area (Å²) in [4.78, 5) is 24.1. The first-order valence-corrected chi connectivity index (χ1v) is 6.10. The third-order valence-electron chi connectivity index (χ3n) is 2.45. The Labute approximate surface area is 93.0 Å². The van der Waals surface area contributed by atoms with E-state index in [9.17, 15) is 9.59 Å². The minimum atomic E-state index is -0.946. The van der Waals surface area contributed by atoms with Crippen LogP contribution in [0.15, 0.2) is 0 Å². The summed E-state index contributed by atoms with van der Waals surface area (Å²) in [6, 6.07) is -1.29. The molecule has 6 heteroatoms. The van der Waals surface area contributed by atoms with Gasteiger partial charge in [-0.1, -0.05) is 6.92 Å². The number of hydrogen-bond donors (Lipinski definition) is 2. The van der Waals surface area contributed by atoms with Gasteiger partial charge in [-0.2, -0.15) is 11.8 Å². The molecule has 0 aromatic rings. The summed E-state index contributed by atoms with van der Waals surface area (Å²) in [5.74, 6) is 0.0489. The number of rotatable bonds is 3. The summed E-state index contributed by atoms with van der Waals surface area (Å²) in [6.45, 7) is 2.30. The van der Waals surface area contributed by atoms with Crippen molar-refractivity contribution in [2.24, 2.45) is 5.73 Å². The third-order valence-corrected chi connectivity index (χ3v) is 3.48. The highest BCUT2D eigenvalue weighted by atomic mass is 32.2. The molecule has 86 valence electrons. The Bertz CT molecular complexity index is 260. The summed E-state index contributed by atoms with van der Waals surface area (Å²) in [7, 11) is 0. The molecule has 0 aromatic carbocycles. The van der Waals surface area contributed by atoms with Gasteiger partial charge in [0.1, 0.15) is 6.04 Å². The first kappa shape index (κ1) is 12.3. The summed E-state index contributed by atoms with van der Waals surface area (Å²) in [5.41, 5.74) is 5.62. The predicted molar refractivity (Wildman–Crippen MR) is 58.7 cm³/mol. The van der Waals surface area contributed by atoms with Crippen LogP contribution < -0.4 is 5.73 Å². The quantitative estimate of drug-likeness (QED) is 0.701. The van der Waals surface area contributed by atoms with Crippen molar-refractivity contribution in [2.75, 3.05) is 18.1 Å². The maximum absolute atomic E-state index is 11.8. The Morgan fingerprint density at radius 2 is 2.33 bits per heavy atom. The Hall–Kier alpha value is -0.750. The van der Waals surface area contributed by atoms with Crippen LogP contribution in [0.5, 0.6) is 0 Å². The van der Waals surface area contributed by atoms with Gasteiger partial charge in [-0.3, -0.25) is 4.79 Å². The third kappa shape index (κ3) is 2.85. The van der Waals surface area contributed by atoms with Crippen molar-refractivity contribution in [3.05, 3.63) is 0 Å². The molecule has 1 saturated heterocycles. The van der Waals surface area contributed by atoms with E-state index in [0.717, 1.165) is 5.75 Å². The van der Waals surface area contributed by atoms with Gasteiger partial charge in [-0.25, -0.2) is 4.79 Å². The Kier molecular flexibility index (Phi) is 4.41. The van der Waals surface area contributed by atoms with Crippen LogP contribution in [0.1, 0.15) is 13.3 Å². The number of carboxylic acid groups (broad SMARTS) is 1. The molecule has 1 unspecified atom stereocenters. The van der Waals surface area contributed by atoms with Crippen LogP contribution in [0.3, 0.4) is 0 Å². The van der Waals surface area contributed by atoms with Crippen LogP contribution in [0.2, 0.25) is 0 Å². The van der Waals surface area contributed by atoms with Gasteiger partial charge in [0, 0.05) is 18.1 Å². The molecule has 1 aliphatic heterocycles. The Balaban J connectivity index is 2.71. The SMILES string of the molecule is CC[C@H](N)C(=O)N1CCSCC1C(=O)O. The number of hydrogen-bond acceptors (Lipinski definition) is 4. The summed E-state index contributed by atoms with van der Waals surface area (Å²) >= 11 is 1.56. The highest BCUT2D eigenvalue weighted by Gasteiger charge is 2.33. The molecule has 1 aliphatic rings.